The van der Waals surface area contributed by atoms with Crippen LogP contribution in [0, 0.1) is 0 Å². The summed E-state index contributed by atoms with van der Waals surface area (Å²) < 4.78 is 0. The lowest BCUT2D eigenvalue weighted by molar-refractivity contribution is 0.0984. The van der Waals surface area contributed by atoms with E-state index < -0.39 is 0 Å². The molecule has 4 heteroatoms. The van der Waals surface area contributed by atoms with Crippen LogP contribution >= 0.6 is 11.8 Å². The molecule has 0 amide bonds. The van der Waals surface area contributed by atoms with Crippen LogP contribution < -0.4 is 0 Å². The smallest absolute Gasteiger partial charge is 0.183 e. The van der Waals surface area contributed by atoms with Crippen LogP contribution in [0.25, 0.3) is 0 Å². The molecule has 12 heavy (non-hydrogen) atoms. The zero-order valence-electron chi connectivity index (χ0n) is 6.86. The van der Waals surface area contributed by atoms with Crippen molar-refractivity contribution in [3.8, 4) is 0 Å². The maximum atomic E-state index is 11.3. The molecule has 0 aromatic carbocycles. The molecular weight excluding hydrogens is 172 g/mol. The second-order valence-electron chi connectivity index (χ2n) is 2.26. The fourth-order valence-corrected chi connectivity index (χ4v) is 1.16. The second kappa shape index (κ2) is 4.87. The predicted molar refractivity (Wildman–Crippen MR) is 49.4 cm³/mol. The molecular formula is C8H10N2OS. The number of hydrogen-bond donors (Lipinski definition) is 0. The molecule has 1 aromatic heterocycles. The van der Waals surface area contributed by atoms with Crippen molar-refractivity contribution >= 4 is 17.5 Å². The summed E-state index contributed by atoms with van der Waals surface area (Å²) in [4.78, 5) is 19.0. The van der Waals surface area contributed by atoms with Gasteiger partial charge in [0.05, 0.1) is 6.20 Å². The molecule has 0 bridgehead atoms. The summed E-state index contributed by atoms with van der Waals surface area (Å²) in [6, 6.07) is 0. The van der Waals surface area contributed by atoms with E-state index in [0.29, 0.717) is 12.1 Å². The minimum atomic E-state index is 0.0671. The Morgan fingerprint density at radius 1 is 1.58 bits per heavy atom. The number of carbonyl (C=O) groups is 1. The number of nitrogens with zero attached hydrogens (tertiary/aromatic N) is 2. The van der Waals surface area contributed by atoms with Crippen molar-refractivity contribution < 1.29 is 4.79 Å². The molecule has 0 radical (unpaired) electrons. The fourth-order valence-electron chi connectivity index (χ4n) is 0.766. The Bertz CT molecular complexity index is 250. The van der Waals surface area contributed by atoms with Crippen molar-refractivity contribution in [2.75, 3.05) is 12.0 Å². The summed E-state index contributed by atoms with van der Waals surface area (Å²) in [5, 5.41) is 0. The number of rotatable bonds is 4. The molecule has 0 atom stereocenters. The largest absolute Gasteiger partial charge is 0.292 e. The molecule has 1 rings (SSSR count). The van der Waals surface area contributed by atoms with Gasteiger partial charge in [-0.3, -0.25) is 9.78 Å². The molecule has 0 saturated carbocycles. The lowest BCUT2D eigenvalue weighted by atomic mass is 10.2. The van der Waals surface area contributed by atoms with Crippen LogP contribution in [0.15, 0.2) is 18.6 Å². The highest BCUT2D eigenvalue weighted by Gasteiger charge is 2.05. The Kier molecular flexibility index (Phi) is 3.73. The lowest BCUT2D eigenvalue weighted by Crippen LogP contribution is -2.03. The minimum Gasteiger partial charge on any atom is -0.292 e. The normalized spacial score (nSPS) is 9.75. The third-order valence-electron chi connectivity index (χ3n) is 1.38. The first-order valence-electron chi connectivity index (χ1n) is 3.62. The first-order chi connectivity index (χ1) is 5.84. The number of thioether (sulfide) groups is 1. The summed E-state index contributed by atoms with van der Waals surface area (Å²) in [5.74, 6) is 0.910. The SMILES string of the molecule is CSCCC(=O)c1cnccn1. The van der Waals surface area contributed by atoms with Crippen molar-refractivity contribution in [3.05, 3.63) is 24.3 Å². The monoisotopic (exact) mass is 182 g/mol. The Balaban J connectivity index is 2.54. The Morgan fingerprint density at radius 2 is 2.42 bits per heavy atom. The molecule has 0 aliphatic carbocycles. The van der Waals surface area contributed by atoms with Gasteiger partial charge in [0.2, 0.25) is 0 Å². The van der Waals surface area contributed by atoms with Crippen LogP contribution in [0.3, 0.4) is 0 Å². The second-order valence-corrected chi connectivity index (χ2v) is 3.24. The van der Waals surface area contributed by atoms with Crippen LogP contribution in [0.5, 0.6) is 0 Å². The van der Waals surface area contributed by atoms with Crippen molar-refractivity contribution in [2.24, 2.45) is 0 Å². The molecule has 3 nitrogen and oxygen atoms in total. The molecule has 64 valence electrons. The molecule has 0 N–H and O–H groups in total. The summed E-state index contributed by atoms with van der Waals surface area (Å²) in [6.07, 6.45) is 7.12. The van der Waals surface area contributed by atoms with E-state index in [9.17, 15) is 4.79 Å². The lowest BCUT2D eigenvalue weighted by Gasteiger charge is -1.96. The highest BCUT2D eigenvalue weighted by molar-refractivity contribution is 7.98. The van der Waals surface area contributed by atoms with Crippen LogP contribution in [0.4, 0.5) is 0 Å². The number of Topliss-reactive ketones (excluding diaryl/α,β-unsaturated/α-hetero) is 1. The van der Waals surface area contributed by atoms with E-state index in [1.165, 1.54) is 12.4 Å². The van der Waals surface area contributed by atoms with Gasteiger partial charge in [0.1, 0.15) is 5.69 Å². The molecule has 1 aromatic rings. The molecule has 0 aliphatic rings. The zero-order chi connectivity index (χ0) is 8.81. The predicted octanol–water partition coefficient (Wildman–Crippen LogP) is 1.41. The van der Waals surface area contributed by atoms with Gasteiger partial charge < -0.3 is 0 Å². The van der Waals surface area contributed by atoms with E-state index >= 15 is 0 Å². The average molecular weight is 182 g/mol. The summed E-state index contributed by atoms with van der Waals surface area (Å²) in [5.41, 5.74) is 0.464. The molecule has 0 spiro atoms. The summed E-state index contributed by atoms with van der Waals surface area (Å²) >= 11 is 1.66. The minimum absolute atomic E-state index is 0.0671. The maximum absolute atomic E-state index is 11.3. The maximum Gasteiger partial charge on any atom is 0.183 e. The number of ketones is 1. The van der Waals surface area contributed by atoms with E-state index in [2.05, 4.69) is 9.97 Å². The molecule has 1 heterocycles. The van der Waals surface area contributed by atoms with Gasteiger partial charge in [-0.25, -0.2) is 4.98 Å². The third kappa shape index (κ3) is 2.62. The van der Waals surface area contributed by atoms with E-state index in [1.807, 2.05) is 6.26 Å². The highest BCUT2D eigenvalue weighted by atomic mass is 32.2. The molecule has 0 fully saturated rings. The fraction of sp³-hybridized carbons (Fsp3) is 0.375. The Hall–Kier alpha value is -0.900. The van der Waals surface area contributed by atoms with E-state index in [0.717, 1.165) is 5.75 Å². The zero-order valence-corrected chi connectivity index (χ0v) is 7.67. The Labute approximate surface area is 75.6 Å². The van der Waals surface area contributed by atoms with E-state index in [1.54, 1.807) is 18.0 Å². The first-order valence-corrected chi connectivity index (χ1v) is 5.02. The average Bonchev–Trinajstić information content (AvgIpc) is 2.15. The van der Waals surface area contributed by atoms with Crippen LogP contribution in [-0.2, 0) is 0 Å². The quantitative estimate of drug-likeness (QED) is 0.660. The van der Waals surface area contributed by atoms with Gasteiger partial charge in [0.25, 0.3) is 0 Å². The van der Waals surface area contributed by atoms with Crippen LogP contribution in [0.2, 0.25) is 0 Å². The summed E-state index contributed by atoms with van der Waals surface area (Å²) in [6.45, 7) is 0. The van der Waals surface area contributed by atoms with Crippen LogP contribution in [-0.4, -0.2) is 27.8 Å². The molecule has 0 saturated heterocycles. The van der Waals surface area contributed by atoms with Gasteiger partial charge in [-0.1, -0.05) is 0 Å². The number of carbonyl (C=O) groups excluding carboxylic acids is 1. The molecule has 0 unspecified atom stereocenters. The number of aromatic nitrogens is 2. The van der Waals surface area contributed by atoms with Crippen molar-refractivity contribution in [2.45, 2.75) is 6.42 Å². The van der Waals surface area contributed by atoms with Gasteiger partial charge in [0, 0.05) is 24.6 Å². The number of hydrogen-bond acceptors (Lipinski definition) is 4. The van der Waals surface area contributed by atoms with Crippen LogP contribution in [0.1, 0.15) is 16.9 Å². The van der Waals surface area contributed by atoms with E-state index in [-0.39, 0.29) is 5.78 Å². The highest BCUT2D eigenvalue weighted by Crippen LogP contribution is 2.01. The van der Waals surface area contributed by atoms with Crippen molar-refractivity contribution in [3.63, 3.8) is 0 Å². The van der Waals surface area contributed by atoms with Crippen molar-refractivity contribution in [1.82, 2.24) is 9.97 Å². The Morgan fingerprint density at radius 3 is 3.00 bits per heavy atom. The first kappa shape index (κ1) is 9.19. The summed E-state index contributed by atoms with van der Waals surface area (Å²) in [7, 11) is 0. The van der Waals surface area contributed by atoms with Gasteiger partial charge in [-0.2, -0.15) is 11.8 Å². The standard InChI is InChI=1S/C8H10N2OS/c1-12-5-2-8(11)7-6-9-3-4-10-7/h3-4,6H,2,5H2,1H3. The topological polar surface area (TPSA) is 42.9 Å². The van der Waals surface area contributed by atoms with Gasteiger partial charge in [-0.15, -0.1) is 0 Å². The van der Waals surface area contributed by atoms with Crippen molar-refractivity contribution in [1.29, 1.82) is 0 Å². The van der Waals surface area contributed by atoms with Gasteiger partial charge >= 0.3 is 0 Å². The van der Waals surface area contributed by atoms with E-state index in [4.69, 9.17) is 0 Å². The molecule has 0 aliphatic heterocycles. The van der Waals surface area contributed by atoms with Gasteiger partial charge in [0.15, 0.2) is 5.78 Å². The third-order valence-corrected chi connectivity index (χ3v) is 1.99. The van der Waals surface area contributed by atoms with Gasteiger partial charge in [-0.05, 0) is 6.26 Å².